The first-order valence-corrected chi connectivity index (χ1v) is 26.6. The third-order valence-electron chi connectivity index (χ3n) is 15.3. The van der Waals surface area contributed by atoms with Gasteiger partial charge in [-0.1, -0.05) is 66.7 Å². The third kappa shape index (κ3) is 12.4. The number of anilines is 2. The van der Waals surface area contributed by atoms with Crippen molar-refractivity contribution in [1.29, 1.82) is 0 Å². The Balaban J connectivity index is 1.45. The molecule has 1 saturated heterocycles. The van der Waals surface area contributed by atoms with Crippen molar-refractivity contribution >= 4 is 86.5 Å². The van der Waals surface area contributed by atoms with Crippen LogP contribution in [0.3, 0.4) is 0 Å². The van der Waals surface area contributed by atoms with Crippen molar-refractivity contribution in [1.82, 2.24) is 15.2 Å². The summed E-state index contributed by atoms with van der Waals surface area (Å²) in [6.45, 7) is 21.9. The summed E-state index contributed by atoms with van der Waals surface area (Å²) < 4.78 is 30.9. The van der Waals surface area contributed by atoms with E-state index in [2.05, 4.69) is 29.4 Å². The molecule has 8 rings (SSSR count). The number of nitrogens with zero attached hydrogens (tertiary/aromatic N) is 3. The molecule has 5 N–H and O–H groups in total. The molecule has 1 aromatic heterocycles. The molecule has 0 radical (unpaired) electrons. The average Bonchev–Trinajstić information content (AvgIpc) is 3.88. The van der Waals surface area contributed by atoms with Gasteiger partial charge in [0.1, 0.15) is 47.2 Å². The van der Waals surface area contributed by atoms with Crippen molar-refractivity contribution < 1.29 is 72.2 Å². The summed E-state index contributed by atoms with van der Waals surface area (Å²) in [5, 5.41) is 39.8. The number of fused-ring (bicyclic) bond motifs is 14. The molecule has 5 bridgehead atoms. The fourth-order valence-corrected chi connectivity index (χ4v) is 10.4. The van der Waals surface area contributed by atoms with Crippen LogP contribution in [0.15, 0.2) is 57.5 Å². The Morgan fingerprint density at radius 2 is 1.59 bits per heavy atom. The summed E-state index contributed by atoms with van der Waals surface area (Å²) >= 11 is 0. The second kappa shape index (κ2) is 24.3. The summed E-state index contributed by atoms with van der Waals surface area (Å²) in [6, 6.07) is 1.79. The van der Waals surface area contributed by atoms with Crippen LogP contribution in [0.2, 0.25) is 0 Å². The van der Waals surface area contributed by atoms with Gasteiger partial charge in [0.25, 0.3) is 11.7 Å². The fraction of sp³-hybridized carbons (Fsp3) is 0.500. The number of esters is 2. The number of ketones is 1. The van der Waals surface area contributed by atoms with Crippen LogP contribution in [-0.2, 0) is 38.2 Å². The van der Waals surface area contributed by atoms with Gasteiger partial charge in [0.05, 0.1) is 35.8 Å². The average molecular weight is 1090 g/mol. The number of aromatic nitrogens is 1. The van der Waals surface area contributed by atoms with E-state index in [1.165, 1.54) is 40.0 Å². The molecular weight excluding hydrogens is 1020 g/mol. The van der Waals surface area contributed by atoms with E-state index in [4.69, 9.17) is 28.3 Å². The van der Waals surface area contributed by atoms with Crippen LogP contribution >= 0.6 is 0 Å². The quantitative estimate of drug-likeness (QED) is 0.0220. The Morgan fingerprint density at radius 1 is 0.911 bits per heavy atom. The van der Waals surface area contributed by atoms with Gasteiger partial charge in [-0.3, -0.25) is 33.7 Å². The maximum Gasteiger partial charge on any atom is 0.312 e. The number of rotatable bonds is 11. The van der Waals surface area contributed by atoms with E-state index in [0.717, 1.165) is 6.54 Å². The van der Waals surface area contributed by atoms with E-state index in [-0.39, 0.29) is 68.4 Å². The Hall–Kier alpha value is -7.49. The number of aliphatic hydroxyl groups excluding tert-OH is 2. The molecule has 3 aromatic carbocycles. The molecule has 4 aliphatic rings. The van der Waals surface area contributed by atoms with Crippen molar-refractivity contribution in [3.8, 4) is 17.2 Å². The fourth-order valence-electron chi connectivity index (χ4n) is 10.4. The Bertz CT molecular complexity index is 3220. The summed E-state index contributed by atoms with van der Waals surface area (Å²) in [5.74, 6) is -9.53. The molecule has 4 aliphatic heterocycles. The molecule has 1 fully saturated rings. The SMILES string of the molecule is CC(=O)O[C@H]1[C@H](C)[C@H](O)[C@H](C)[C@@H](O)[C@@H](C)/C=C/C=C(/C)C(=O)Nc2c(O)c3c(=O)c(C)c4c(c3c3nc5c(OC(=O)CCC(=O)NC(C=O)C=O)cc(N6CCN(CC(C)C)CC6)cc5oc23)C(=O)[C@@](C)(O/C=C/[C@H](C)[C@H]1C)O4. The van der Waals surface area contributed by atoms with E-state index in [0.29, 0.717) is 37.8 Å². The number of aldehydes is 2. The molecule has 0 saturated carbocycles. The van der Waals surface area contributed by atoms with Gasteiger partial charge in [-0.15, -0.1) is 0 Å². The predicted octanol–water partition coefficient (Wildman–Crippen LogP) is 5.96. The first-order chi connectivity index (χ1) is 37.3. The zero-order valence-corrected chi connectivity index (χ0v) is 46.4. The topological polar surface area (TPSA) is 291 Å². The molecule has 424 valence electrons. The molecule has 0 spiro atoms. The normalized spacial score (nSPS) is 26.8. The number of benzene rings is 3. The molecule has 2 amide bonds. The van der Waals surface area contributed by atoms with Gasteiger partial charge in [-0.2, -0.15) is 0 Å². The van der Waals surface area contributed by atoms with E-state index >= 15 is 4.79 Å². The first kappa shape index (κ1) is 59.2. The van der Waals surface area contributed by atoms with Gasteiger partial charge in [0.2, 0.25) is 5.91 Å². The number of phenols is 1. The van der Waals surface area contributed by atoms with E-state index in [9.17, 15) is 48.9 Å². The molecule has 21 nitrogen and oxygen atoms in total. The number of piperazine rings is 1. The summed E-state index contributed by atoms with van der Waals surface area (Å²) in [6.07, 6.45) is 3.97. The second-order valence-corrected chi connectivity index (χ2v) is 21.7. The highest BCUT2D eigenvalue weighted by Gasteiger charge is 2.50. The number of amides is 2. The number of carbonyl (C=O) groups is 7. The highest BCUT2D eigenvalue weighted by atomic mass is 16.7. The first-order valence-electron chi connectivity index (χ1n) is 26.6. The van der Waals surface area contributed by atoms with Gasteiger partial charge in [-0.05, 0) is 37.7 Å². The zero-order chi connectivity index (χ0) is 57.9. The zero-order valence-electron chi connectivity index (χ0n) is 46.4. The highest BCUT2D eigenvalue weighted by molar-refractivity contribution is 6.26. The van der Waals surface area contributed by atoms with Crippen LogP contribution in [0, 0.1) is 42.4 Å². The number of hydrogen-bond acceptors (Lipinski definition) is 19. The smallest absolute Gasteiger partial charge is 0.312 e. The highest BCUT2D eigenvalue weighted by Crippen LogP contribution is 2.49. The predicted molar refractivity (Wildman–Crippen MR) is 293 cm³/mol. The van der Waals surface area contributed by atoms with Gasteiger partial charge in [0.15, 0.2) is 28.1 Å². The van der Waals surface area contributed by atoms with Crippen molar-refractivity contribution in [2.24, 2.45) is 35.5 Å². The molecule has 9 atom stereocenters. The Morgan fingerprint density at radius 3 is 2.24 bits per heavy atom. The van der Waals surface area contributed by atoms with Crippen LogP contribution in [0.1, 0.15) is 98.0 Å². The minimum absolute atomic E-state index is 0.0277. The number of nitrogens with one attached hydrogen (secondary N) is 2. The summed E-state index contributed by atoms with van der Waals surface area (Å²) in [5.41, 5.74) is -1.59. The van der Waals surface area contributed by atoms with Crippen LogP contribution in [0.5, 0.6) is 17.2 Å². The number of Topliss-reactive ketones (excluding diaryl/α,β-unsaturated/α-hetero) is 1. The summed E-state index contributed by atoms with van der Waals surface area (Å²) in [4.78, 5) is 115. The molecule has 0 aliphatic carbocycles. The number of hydrogen-bond donors (Lipinski definition) is 5. The minimum atomic E-state index is -2.14. The largest absolute Gasteiger partial charge is 0.505 e. The number of ether oxygens (including phenoxy) is 4. The van der Waals surface area contributed by atoms with E-state index < -0.39 is 124 Å². The lowest BCUT2D eigenvalue weighted by Gasteiger charge is -2.37. The lowest BCUT2D eigenvalue weighted by Crippen LogP contribution is -2.47. The molecule has 0 unspecified atom stereocenters. The lowest BCUT2D eigenvalue weighted by atomic mass is 9.77. The number of carbonyl (C=O) groups excluding carboxylic acids is 7. The van der Waals surface area contributed by atoms with Crippen molar-refractivity contribution in [3.63, 3.8) is 0 Å². The Labute approximate surface area is 456 Å². The maximum atomic E-state index is 15.1. The van der Waals surface area contributed by atoms with Gasteiger partial charge < -0.3 is 63.8 Å². The van der Waals surface area contributed by atoms with Crippen LogP contribution in [0.25, 0.3) is 33.0 Å². The third-order valence-corrected chi connectivity index (χ3v) is 15.3. The van der Waals surface area contributed by atoms with Crippen molar-refractivity contribution in [2.75, 3.05) is 42.9 Å². The molecule has 21 heteroatoms. The maximum absolute atomic E-state index is 15.1. The Kier molecular flexibility index (Phi) is 18.2. The minimum Gasteiger partial charge on any atom is -0.505 e. The van der Waals surface area contributed by atoms with Gasteiger partial charge in [0, 0.05) is 105 Å². The van der Waals surface area contributed by atoms with E-state index in [1.54, 1.807) is 51.1 Å². The lowest BCUT2D eigenvalue weighted by molar-refractivity contribution is -0.158. The van der Waals surface area contributed by atoms with E-state index in [1.807, 2.05) is 18.7 Å². The monoisotopic (exact) mass is 1090 g/mol. The molecule has 79 heavy (non-hydrogen) atoms. The van der Waals surface area contributed by atoms with Crippen LogP contribution in [-0.4, -0.2) is 130 Å². The standard InChI is InChI=1S/C58H71N5O16/c1-28(2)25-62-18-20-63(21-19-62)38-23-39(77-42(68)16-15-41(67)59-37(26-64)27-65)46-40(24-38)78-55-47(60-46)43-44-51(71)35(9)54-45(43)56(73)58(11,79-54)75-22-17-29(3)32(6)53(76-36(10)66)34(8)50(70)33(7)49(69)30(4)13-12-14-31(5)57(74)61-48(55)52(44)72/h12-14,17,22-24,26-30,32-34,37,49-50,53,69-70,72H,15-16,18-21,25H2,1-11H3,(H,59,67)(H,61,74)/b13-12+,22-17+,31-14-/t29-,30-,32+,33+,34+,49-,50+,53+,58-/m0/s1. The molecule has 4 aromatic rings. The summed E-state index contributed by atoms with van der Waals surface area (Å²) in [7, 11) is 0. The molecular formula is C58H71N5O16. The van der Waals surface area contributed by atoms with Crippen molar-refractivity contribution in [3.05, 3.63) is 69.6 Å². The number of aliphatic hydroxyl groups is 2. The molecule has 5 heterocycles. The van der Waals surface area contributed by atoms with Gasteiger partial charge in [-0.25, -0.2) is 4.98 Å². The van der Waals surface area contributed by atoms with Gasteiger partial charge >= 0.3 is 17.7 Å². The van der Waals surface area contributed by atoms with Crippen LogP contribution < -0.4 is 30.4 Å². The van der Waals surface area contributed by atoms with Crippen molar-refractivity contribution in [2.45, 2.75) is 119 Å². The number of allylic oxidation sites excluding steroid dienone is 3. The second-order valence-electron chi connectivity index (χ2n) is 21.7. The van der Waals surface area contributed by atoms with Crippen LogP contribution in [0.4, 0.5) is 11.4 Å². The number of aromatic hydroxyl groups is 1. The number of phenolic OH excluding ortho intramolecular Hbond substituents is 1.